The summed E-state index contributed by atoms with van der Waals surface area (Å²) in [5.74, 6) is -0.0947. The summed E-state index contributed by atoms with van der Waals surface area (Å²) >= 11 is 0. The zero-order chi connectivity index (χ0) is 18.0. The average Bonchev–Trinajstić information content (AvgIpc) is 3.18. The van der Waals surface area contributed by atoms with Crippen molar-refractivity contribution in [1.82, 2.24) is 4.57 Å². The van der Waals surface area contributed by atoms with Crippen molar-refractivity contribution in [2.75, 3.05) is 25.7 Å². The summed E-state index contributed by atoms with van der Waals surface area (Å²) in [6, 6.07) is 5.14. The number of carbonyl (C=O) groups excluding carboxylic acids is 2. The van der Waals surface area contributed by atoms with Gasteiger partial charge in [0, 0.05) is 18.0 Å². The molecule has 2 heterocycles. The van der Waals surface area contributed by atoms with E-state index in [1.807, 2.05) is 0 Å². The highest BCUT2D eigenvalue weighted by Crippen LogP contribution is 2.35. The first-order valence-corrected chi connectivity index (χ1v) is 7.81. The van der Waals surface area contributed by atoms with Crippen LogP contribution >= 0.6 is 0 Å². The van der Waals surface area contributed by atoms with Crippen LogP contribution in [0.4, 0.5) is 5.69 Å². The SMILES string of the molecule is CCOC(=O)c1cn(-c2ccc3c(c2)OCO3)c(C(=O)OCC)c1N. The van der Waals surface area contributed by atoms with Crippen molar-refractivity contribution in [3.05, 3.63) is 35.7 Å². The fourth-order valence-corrected chi connectivity index (χ4v) is 2.54. The first-order chi connectivity index (χ1) is 12.1. The van der Waals surface area contributed by atoms with Crippen molar-refractivity contribution >= 4 is 17.6 Å². The number of rotatable bonds is 5. The number of nitrogens with zero attached hydrogens (tertiary/aromatic N) is 1. The fraction of sp³-hybridized carbons (Fsp3) is 0.294. The first-order valence-electron chi connectivity index (χ1n) is 7.81. The number of nitrogens with two attached hydrogens (primary N) is 1. The molecular weight excluding hydrogens is 328 g/mol. The highest BCUT2D eigenvalue weighted by molar-refractivity contribution is 6.04. The molecule has 3 rings (SSSR count). The number of hydrogen-bond donors (Lipinski definition) is 1. The van der Waals surface area contributed by atoms with Gasteiger partial charge in [0.25, 0.3) is 0 Å². The molecule has 0 aliphatic carbocycles. The van der Waals surface area contributed by atoms with Crippen LogP contribution in [0.3, 0.4) is 0 Å². The Balaban J connectivity index is 2.12. The second kappa shape index (κ2) is 6.76. The number of benzene rings is 1. The predicted molar refractivity (Wildman–Crippen MR) is 88.2 cm³/mol. The summed E-state index contributed by atoms with van der Waals surface area (Å²) < 4.78 is 22.2. The molecule has 0 saturated heterocycles. The van der Waals surface area contributed by atoms with Crippen molar-refractivity contribution < 1.29 is 28.5 Å². The molecule has 0 unspecified atom stereocenters. The molecule has 2 aromatic rings. The molecular formula is C17H18N2O6. The fourth-order valence-electron chi connectivity index (χ4n) is 2.54. The van der Waals surface area contributed by atoms with Crippen LogP contribution < -0.4 is 15.2 Å². The smallest absolute Gasteiger partial charge is 0.357 e. The molecule has 0 fully saturated rings. The van der Waals surface area contributed by atoms with Crippen LogP contribution in [0.2, 0.25) is 0 Å². The summed E-state index contributed by atoms with van der Waals surface area (Å²) in [6.45, 7) is 3.89. The molecule has 0 radical (unpaired) electrons. The van der Waals surface area contributed by atoms with Gasteiger partial charge in [-0.15, -0.1) is 0 Å². The van der Waals surface area contributed by atoms with Crippen LogP contribution in [0.5, 0.6) is 11.5 Å². The summed E-state index contributed by atoms with van der Waals surface area (Å²) in [5.41, 5.74) is 6.78. The molecule has 25 heavy (non-hydrogen) atoms. The number of fused-ring (bicyclic) bond motifs is 1. The van der Waals surface area contributed by atoms with Gasteiger partial charge in [-0.05, 0) is 26.0 Å². The Kier molecular flexibility index (Phi) is 4.51. The highest BCUT2D eigenvalue weighted by Gasteiger charge is 2.27. The molecule has 0 atom stereocenters. The lowest BCUT2D eigenvalue weighted by atomic mass is 10.2. The van der Waals surface area contributed by atoms with Crippen LogP contribution in [-0.4, -0.2) is 36.5 Å². The van der Waals surface area contributed by atoms with Crippen molar-refractivity contribution in [2.45, 2.75) is 13.8 Å². The lowest BCUT2D eigenvalue weighted by molar-refractivity contribution is 0.0516. The van der Waals surface area contributed by atoms with Crippen molar-refractivity contribution in [3.63, 3.8) is 0 Å². The van der Waals surface area contributed by atoms with Crippen molar-refractivity contribution in [2.24, 2.45) is 0 Å². The van der Waals surface area contributed by atoms with E-state index >= 15 is 0 Å². The van der Waals surface area contributed by atoms with Crippen molar-refractivity contribution in [3.8, 4) is 17.2 Å². The van der Waals surface area contributed by atoms with Crippen molar-refractivity contribution in [1.29, 1.82) is 0 Å². The molecule has 0 saturated carbocycles. The molecule has 132 valence electrons. The maximum absolute atomic E-state index is 12.4. The lowest BCUT2D eigenvalue weighted by Gasteiger charge is -2.10. The molecule has 1 aromatic carbocycles. The van der Waals surface area contributed by atoms with Crippen LogP contribution in [0.25, 0.3) is 5.69 Å². The van der Waals surface area contributed by atoms with Gasteiger partial charge in [-0.25, -0.2) is 9.59 Å². The van der Waals surface area contributed by atoms with Gasteiger partial charge in [-0.3, -0.25) is 0 Å². The number of carbonyl (C=O) groups is 2. The van der Waals surface area contributed by atoms with E-state index in [0.29, 0.717) is 17.2 Å². The van der Waals surface area contributed by atoms with E-state index in [1.54, 1.807) is 32.0 Å². The number of ether oxygens (including phenoxy) is 4. The first kappa shape index (κ1) is 16.7. The Bertz CT molecular complexity index is 827. The summed E-state index contributed by atoms with van der Waals surface area (Å²) in [5, 5.41) is 0. The van der Waals surface area contributed by atoms with E-state index in [9.17, 15) is 9.59 Å². The van der Waals surface area contributed by atoms with Crippen LogP contribution in [-0.2, 0) is 9.47 Å². The normalized spacial score (nSPS) is 12.1. The summed E-state index contributed by atoms with van der Waals surface area (Å²) in [7, 11) is 0. The van der Waals surface area contributed by atoms with Gasteiger partial charge in [0.1, 0.15) is 5.56 Å². The Hall–Kier alpha value is -3.16. The third-order valence-electron chi connectivity index (χ3n) is 3.64. The standard InChI is InChI=1S/C17H18N2O6/c1-3-22-16(20)11-8-19(15(14(11)18)17(21)23-4-2)10-5-6-12-13(7-10)25-9-24-12/h5-8H,3-4,9,18H2,1-2H3. The third-order valence-corrected chi connectivity index (χ3v) is 3.64. The molecule has 1 aromatic heterocycles. The minimum Gasteiger partial charge on any atom is -0.462 e. The monoisotopic (exact) mass is 346 g/mol. The van der Waals surface area contributed by atoms with E-state index in [0.717, 1.165) is 0 Å². The summed E-state index contributed by atoms with van der Waals surface area (Å²) in [4.78, 5) is 24.5. The lowest BCUT2D eigenvalue weighted by Crippen LogP contribution is -2.13. The van der Waals surface area contributed by atoms with E-state index in [2.05, 4.69) is 0 Å². The Morgan fingerprint density at radius 3 is 2.52 bits per heavy atom. The Labute approximate surface area is 144 Å². The van der Waals surface area contributed by atoms with Gasteiger partial charge in [0.2, 0.25) is 6.79 Å². The number of anilines is 1. The van der Waals surface area contributed by atoms with Crippen LogP contribution in [0.1, 0.15) is 34.7 Å². The number of nitrogen functional groups attached to an aromatic ring is 1. The van der Waals surface area contributed by atoms with Gasteiger partial charge in [0.15, 0.2) is 17.2 Å². The largest absolute Gasteiger partial charge is 0.462 e. The second-order valence-corrected chi connectivity index (χ2v) is 5.15. The Morgan fingerprint density at radius 2 is 1.80 bits per heavy atom. The minimum atomic E-state index is -0.631. The Morgan fingerprint density at radius 1 is 1.12 bits per heavy atom. The minimum absolute atomic E-state index is 0.00886. The number of esters is 2. The zero-order valence-electron chi connectivity index (χ0n) is 13.9. The number of hydrogen-bond acceptors (Lipinski definition) is 7. The summed E-state index contributed by atoms with van der Waals surface area (Å²) in [6.07, 6.45) is 1.46. The maximum Gasteiger partial charge on any atom is 0.357 e. The van der Waals surface area contributed by atoms with Gasteiger partial charge in [-0.2, -0.15) is 0 Å². The van der Waals surface area contributed by atoms with Gasteiger partial charge >= 0.3 is 11.9 Å². The molecule has 0 bridgehead atoms. The maximum atomic E-state index is 12.4. The highest BCUT2D eigenvalue weighted by atomic mass is 16.7. The van der Waals surface area contributed by atoms with E-state index < -0.39 is 11.9 Å². The van der Waals surface area contributed by atoms with Gasteiger partial charge in [0.05, 0.1) is 18.9 Å². The zero-order valence-corrected chi connectivity index (χ0v) is 13.9. The molecule has 1 aliphatic heterocycles. The molecule has 0 amide bonds. The van der Waals surface area contributed by atoms with Gasteiger partial charge < -0.3 is 29.2 Å². The topological polar surface area (TPSA) is 102 Å². The third kappa shape index (κ3) is 2.98. The van der Waals surface area contributed by atoms with Gasteiger partial charge in [-0.1, -0.05) is 0 Å². The molecule has 2 N–H and O–H groups in total. The van der Waals surface area contributed by atoms with E-state index in [1.165, 1.54) is 10.8 Å². The molecule has 0 spiro atoms. The quantitative estimate of drug-likeness (QED) is 0.828. The number of aromatic nitrogens is 1. The molecule has 8 nitrogen and oxygen atoms in total. The second-order valence-electron chi connectivity index (χ2n) is 5.15. The molecule has 1 aliphatic rings. The van der Waals surface area contributed by atoms with Crippen LogP contribution in [0.15, 0.2) is 24.4 Å². The van der Waals surface area contributed by atoms with E-state index in [4.69, 9.17) is 24.7 Å². The molecule has 8 heteroatoms. The average molecular weight is 346 g/mol. The van der Waals surface area contributed by atoms with Crippen LogP contribution in [0, 0.1) is 0 Å². The van der Waals surface area contributed by atoms with E-state index in [-0.39, 0.29) is 37.0 Å². The predicted octanol–water partition coefficient (Wildman–Crippen LogP) is 2.14.